The van der Waals surface area contributed by atoms with Crippen LogP contribution in [0.5, 0.6) is 0 Å². The average molecular weight is 355 g/mol. The molecule has 0 aromatic heterocycles. The molecular formula is C18H20Cl2Ti. The van der Waals surface area contributed by atoms with Gasteiger partial charge in [-0.05, 0) is 0 Å². The van der Waals surface area contributed by atoms with Gasteiger partial charge in [0.25, 0.3) is 0 Å². The van der Waals surface area contributed by atoms with Crippen LogP contribution in [0.3, 0.4) is 0 Å². The van der Waals surface area contributed by atoms with Crippen LogP contribution in [0.1, 0.15) is 42.5 Å². The molecule has 2 aliphatic carbocycles. The van der Waals surface area contributed by atoms with Crippen LogP contribution >= 0.6 is 0 Å². The predicted octanol–water partition coefficient (Wildman–Crippen LogP) is -1.17. The molecule has 0 spiro atoms. The van der Waals surface area contributed by atoms with Gasteiger partial charge in [0.15, 0.2) is 0 Å². The number of hydrogen-bond donors (Lipinski definition) is 0. The first-order valence-electron chi connectivity index (χ1n) is 6.99. The molecule has 0 radical (unpaired) electrons. The van der Waals surface area contributed by atoms with E-state index >= 15 is 0 Å². The number of allylic oxidation sites excluding steroid dienone is 5. The Morgan fingerprint density at radius 3 is 2.43 bits per heavy atom. The molecule has 1 atom stereocenters. The number of halogens is 2. The summed E-state index contributed by atoms with van der Waals surface area (Å²) in [6, 6.07) is 8.92. The van der Waals surface area contributed by atoms with Crippen LogP contribution in [0.15, 0.2) is 51.9 Å². The first-order valence-corrected chi connectivity index (χ1v) is 9.46. The molecule has 0 N–H and O–H groups in total. The molecule has 21 heavy (non-hydrogen) atoms. The van der Waals surface area contributed by atoms with E-state index in [2.05, 4.69) is 69.3 Å². The van der Waals surface area contributed by atoms with E-state index in [9.17, 15) is 0 Å². The molecule has 0 heterocycles. The summed E-state index contributed by atoms with van der Waals surface area (Å²) >= 11 is -1.38. The van der Waals surface area contributed by atoms with E-state index in [4.69, 9.17) is 0 Å². The summed E-state index contributed by atoms with van der Waals surface area (Å²) in [7, 11) is 0. The second-order valence-electron chi connectivity index (χ2n) is 5.65. The van der Waals surface area contributed by atoms with Gasteiger partial charge in [-0.3, -0.25) is 0 Å². The van der Waals surface area contributed by atoms with Crippen molar-refractivity contribution in [2.45, 2.75) is 31.4 Å². The maximum absolute atomic E-state index is 2.46. The topological polar surface area (TPSA) is 0 Å². The molecule has 110 valence electrons. The smallest absolute Gasteiger partial charge is 1.00 e. The number of fused-ring (bicyclic) bond motifs is 1. The normalized spacial score (nSPS) is 17.7. The average Bonchev–Trinajstić information content (AvgIpc) is 2.98. The molecule has 1 aromatic rings. The molecule has 0 bridgehead atoms. The van der Waals surface area contributed by atoms with Gasteiger partial charge < -0.3 is 24.8 Å². The van der Waals surface area contributed by atoms with Crippen molar-refractivity contribution in [3.8, 4) is 0 Å². The molecule has 0 amide bonds. The largest absolute Gasteiger partial charge is 1.00 e. The van der Waals surface area contributed by atoms with Gasteiger partial charge in [-0.15, -0.1) is 0 Å². The Morgan fingerprint density at radius 1 is 1.10 bits per heavy atom. The minimum absolute atomic E-state index is 0. The Kier molecular flexibility index (Phi) is 6.88. The molecule has 2 aliphatic rings. The molecule has 0 fully saturated rings. The second-order valence-corrected chi connectivity index (χ2v) is 10.4. The Labute approximate surface area is 146 Å². The second kappa shape index (κ2) is 7.74. The summed E-state index contributed by atoms with van der Waals surface area (Å²) in [6.07, 6.45) is 10.6. The summed E-state index contributed by atoms with van der Waals surface area (Å²) in [6.45, 7) is 6.99. The summed E-state index contributed by atoms with van der Waals surface area (Å²) in [5, 5.41) is 0. The number of hydrogen-bond acceptors (Lipinski definition) is 0. The van der Waals surface area contributed by atoms with Gasteiger partial charge >= 0.3 is 122 Å². The van der Waals surface area contributed by atoms with Crippen molar-refractivity contribution in [2.75, 3.05) is 0 Å². The van der Waals surface area contributed by atoms with Crippen molar-refractivity contribution in [3.63, 3.8) is 0 Å². The van der Waals surface area contributed by atoms with Crippen LogP contribution < -0.4 is 24.8 Å². The molecule has 0 aliphatic heterocycles. The first kappa shape index (κ1) is 18.7. The minimum Gasteiger partial charge on any atom is -1.00 e. The fourth-order valence-electron chi connectivity index (χ4n) is 3.24. The van der Waals surface area contributed by atoms with E-state index < -0.39 is 17.4 Å². The van der Waals surface area contributed by atoms with Crippen LogP contribution in [0.4, 0.5) is 0 Å². The summed E-state index contributed by atoms with van der Waals surface area (Å²) < 4.78 is 4.14. The zero-order valence-electron chi connectivity index (χ0n) is 12.7. The van der Waals surface area contributed by atoms with Crippen molar-refractivity contribution < 1.29 is 42.2 Å². The zero-order valence-corrected chi connectivity index (χ0v) is 15.7. The van der Waals surface area contributed by atoms with E-state index in [1.165, 1.54) is 17.6 Å². The third-order valence-electron chi connectivity index (χ3n) is 4.14. The summed E-state index contributed by atoms with van der Waals surface area (Å²) in [5.41, 5.74) is 4.53. The van der Waals surface area contributed by atoms with Crippen molar-refractivity contribution in [1.82, 2.24) is 0 Å². The van der Waals surface area contributed by atoms with E-state index in [0.29, 0.717) is 4.22 Å². The summed E-state index contributed by atoms with van der Waals surface area (Å²) in [5.74, 6) is 0. The van der Waals surface area contributed by atoms with Gasteiger partial charge in [-0.1, -0.05) is 0 Å². The van der Waals surface area contributed by atoms with E-state index in [1.807, 2.05) is 0 Å². The molecule has 1 aromatic carbocycles. The Bertz CT molecular complexity index is 647. The number of rotatable bonds is 2. The first-order chi connectivity index (χ1) is 9.18. The maximum Gasteiger partial charge on any atom is -1.00 e. The maximum atomic E-state index is 2.46. The third-order valence-corrected chi connectivity index (χ3v) is 9.53. The van der Waals surface area contributed by atoms with E-state index in [-0.39, 0.29) is 24.8 Å². The summed E-state index contributed by atoms with van der Waals surface area (Å²) in [4.78, 5) is 0. The Hall–Kier alpha value is -0.396. The fourth-order valence-corrected chi connectivity index (χ4v) is 8.41. The standard InChI is InChI=1S/C9H7.C6H7.C3H6.2ClH.Ti/c1-2-5-9-7-3-6-8(9)4-1;1-6-4-2-3-5-6;1-3-2;;;/h1-7H;2,4H,3H2,1H3;1-2H3;2*1H;/q;;;;;+2/p-2. The van der Waals surface area contributed by atoms with Gasteiger partial charge in [0, 0.05) is 0 Å². The van der Waals surface area contributed by atoms with E-state index in [1.54, 1.807) is 13.3 Å². The quantitative estimate of drug-likeness (QED) is 0.587. The Morgan fingerprint density at radius 2 is 1.81 bits per heavy atom. The van der Waals surface area contributed by atoms with Crippen molar-refractivity contribution in [1.29, 1.82) is 0 Å². The van der Waals surface area contributed by atoms with E-state index in [0.717, 1.165) is 0 Å². The molecule has 1 unspecified atom stereocenters. The SMILES string of the molecule is CC1=[C]([Ti+2](=[C](C)C)[CH]2C=Cc3ccccc32)CC=C1.[Cl-].[Cl-]. The van der Waals surface area contributed by atoms with Gasteiger partial charge in [0.1, 0.15) is 0 Å². The predicted molar refractivity (Wildman–Crippen MR) is 81.0 cm³/mol. The molecule has 3 heteroatoms. The van der Waals surface area contributed by atoms with Gasteiger partial charge in [-0.25, -0.2) is 0 Å². The van der Waals surface area contributed by atoms with Crippen molar-refractivity contribution in [3.05, 3.63) is 63.1 Å². The molecule has 3 rings (SSSR count). The molecule has 0 saturated heterocycles. The van der Waals surface area contributed by atoms with Crippen LogP contribution in [0.2, 0.25) is 0 Å². The van der Waals surface area contributed by atoms with Crippen LogP contribution in [0, 0.1) is 0 Å². The van der Waals surface area contributed by atoms with Gasteiger partial charge in [-0.2, -0.15) is 0 Å². The minimum atomic E-state index is -1.38. The van der Waals surface area contributed by atoms with Crippen LogP contribution in [0.25, 0.3) is 6.08 Å². The fraction of sp³-hybridized carbons (Fsp3) is 0.278. The molecule has 0 nitrogen and oxygen atoms in total. The molecular weight excluding hydrogens is 335 g/mol. The zero-order chi connectivity index (χ0) is 13.4. The van der Waals surface area contributed by atoms with Crippen LogP contribution in [-0.4, -0.2) is 3.81 Å². The van der Waals surface area contributed by atoms with Crippen molar-refractivity contribution in [2.24, 2.45) is 0 Å². The van der Waals surface area contributed by atoms with Crippen LogP contribution in [-0.2, 0) is 17.4 Å². The number of benzene rings is 1. The van der Waals surface area contributed by atoms with Gasteiger partial charge in [0.2, 0.25) is 0 Å². The molecule has 0 saturated carbocycles. The Balaban J connectivity index is 0.00000110. The third kappa shape index (κ3) is 3.51. The van der Waals surface area contributed by atoms with Crippen molar-refractivity contribution >= 4 is 9.89 Å². The monoisotopic (exact) mass is 354 g/mol. The van der Waals surface area contributed by atoms with Gasteiger partial charge in [0.05, 0.1) is 0 Å².